The average molecular weight is 415 g/mol. The molecule has 0 unspecified atom stereocenters. The molecule has 30 heavy (non-hydrogen) atoms. The number of carbonyl (C=O) groups is 1. The number of nitrogens with zero attached hydrogens (tertiary/aromatic N) is 2. The zero-order valence-electron chi connectivity index (χ0n) is 16.9. The molecule has 0 radical (unpaired) electrons. The molecule has 0 atom stereocenters. The van der Waals surface area contributed by atoms with E-state index in [4.69, 9.17) is 18.7 Å². The van der Waals surface area contributed by atoms with Crippen molar-refractivity contribution in [2.24, 2.45) is 0 Å². The van der Waals surface area contributed by atoms with E-state index in [1.807, 2.05) is 0 Å². The van der Waals surface area contributed by atoms with Gasteiger partial charge in [0.1, 0.15) is 11.6 Å². The normalized spacial score (nSPS) is 10.5. The summed E-state index contributed by atoms with van der Waals surface area (Å²) in [5.41, 5.74) is 1.39. The van der Waals surface area contributed by atoms with Crippen LogP contribution in [0.1, 0.15) is 17.9 Å². The van der Waals surface area contributed by atoms with Crippen molar-refractivity contribution in [2.45, 2.75) is 19.4 Å². The van der Waals surface area contributed by atoms with Crippen molar-refractivity contribution < 1.29 is 27.9 Å². The molecule has 0 spiro atoms. The fraction of sp³-hybridized carbons (Fsp3) is 0.286. The zero-order chi connectivity index (χ0) is 21.5. The van der Waals surface area contributed by atoms with E-state index in [0.717, 1.165) is 5.56 Å². The SMILES string of the molecule is COc1cc(OC)c(OC)cc1CNC(=O)CCc1nc(-c2ccc(F)cc2)no1. The highest BCUT2D eigenvalue weighted by atomic mass is 19.1. The van der Waals surface area contributed by atoms with Crippen LogP contribution in [0.5, 0.6) is 17.2 Å². The maximum Gasteiger partial charge on any atom is 0.227 e. The highest BCUT2D eigenvalue weighted by molar-refractivity contribution is 5.76. The summed E-state index contributed by atoms with van der Waals surface area (Å²) in [5.74, 6) is 1.81. The van der Waals surface area contributed by atoms with E-state index < -0.39 is 0 Å². The lowest BCUT2D eigenvalue weighted by Gasteiger charge is -2.14. The third-order valence-electron chi connectivity index (χ3n) is 4.40. The first kappa shape index (κ1) is 21.1. The van der Waals surface area contributed by atoms with Gasteiger partial charge < -0.3 is 24.1 Å². The van der Waals surface area contributed by atoms with Gasteiger partial charge in [-0.1, -0.05) is 5.16 Å². The van der Waals surface area contributed by atoms with E-state index in [1.54, 1.807) is 31.4 Å². The lowest BCUT2D eigenvalue weighted by Crippen LogP contribution is -2.23. The standard InChI is InChI=1S/C21H22FN3O5/c1-27-16-11-18(29-3)17(28-2)10-14(16)12-23-19(26)8-9-20-24-21(25-30-20)13-4-6-15(22)7-5-13/h4-7,10-11H,8-9,12H2,1-3H3,(H,23,26). The van der Waals surface area contributed by atoms with Crippen molar-refractivity contribution in [2.75, 3.05) is 21.3 Å². The van der Waals surface area contributed by atoms with E-state index in [-0.39, 0.29) is 31.1 Å². The maximum atomic E-state index is 13.0. The number of methoxy groups -OCH3 is 3. The number of benzene rings is 2. The second-order valence-corrected chi connectivity index (χ2v) is 6.31. The van der Waals surface area contributed by atoms with Gasteiger partial charge in [-0.25, -0.2) is 4.39 Å². The Bertz CT molecular complexity index is 1000. The smallest absolute Gasteiger partial charge is 0.227 e. The summed E-state index contributed by atoms with van der Waals surface area (Å²) in [6.45, 7) is 0.257. The summed E-state index contributed by atoms with van der Waals surface area (Å²) < 4.78 is 34.1. The van der Waals surface area contributed by atoms with Crippen molar-refractivity contribution in [3.8, 4) is 28.6 Å². The van der Waals surface area contributed by atoms with Crippen molar-refractivity contribution in [3.63, 3.8) is 0 Å². The number of aromatic nitrogens is 2. The van der Waals surface area contributed by atoms with Crippen LogP contribution in [0.25, 0.3) is 11.4 Å². The minimum absolute atomic E-state index is 0.167. The summed E-state index contributed by atoms with van der Waals surface area (Å²) >= 11 is 0. The molecule has 1 aromatic heterocycles. The van der Waals surface area contributed by atoms with Crippen molar-refractivity contribution >= 4 is 5.91 Å². The highest BCUT2D eigenvalue weighted by Crippen LogP contribution is 2.34. The molecule has 1 amide bonds. The Balaban J connectivity index is 1.56. The van der Waals surface area contributed by atoms with E-state index in [2.05, 4.69) is 15.5 Å². The van der Waals surface area contributed by atoms with Gasteiger partial charge in [-0.05, 0) is 30.3 Å². The highest BCUT2D eigenvalue weighted by Gasteiger charge is 2.14. The maximum absolute atomic E-state index is 13.0. The molecule has 1 heterocycles. The molecule has 0 aliphatic carbocycles. The minimum Gasteiger partial charge on any atom is -0.496 e. The van der Waals surface area contributed by atoms with E-state index >= 15 is 0 Å². The van der Waals surface area contributed by atoms with Crippen LogP contribution in [0.3, 0.4) is 0 Å². The second-order valence-electron chi connectivity index (χ2n) is 6.31. The van der Waals surface area contributed by atoms with E-state index in [9.17, 15) is 9.18 Å². The molecular weight excluding hydrogens is 393 g/mol. The number of rotatable bonds is 9. The Labute approximate surface area is 173 Å². The largest absolute Gasteiger partial charge is 0.496 e. The molecule has 9 heteroatoms. The number of halogens is 1. The summed E-state index contributed by atoms with van der Waals surface area (Å²) in [6.07, 6.45) is 0.448. The van der Waals surface area contributed by atoms with Gasteiger partial charge in [0.05, 0.1) is 21.3 Å². The van der Waals surface area contributed by atoms with Gasteiger partial charge in [0, 0.05) is 36.6 Å². The molecule has 0 aliphatic heterocycles. The topological polar surface area (TPSA) is 95.7 Å². The van der Waals surface area contributed by atoms with Gasteiger partial charge in [-0.2, -0.15) is 4.98 Å². The molecule has 3 rings (SSSR count). The Kier molecular flexibility index (Phi) is 6.84. The Morgan fingerprint density at radius 1 is 1.03 bits per heavy atom. The summed E-state index contributed by atoms with van der Waals surface area (Å²) in [7, 11) is 4.62. The molecular formula is C21H22FN3O5. The quantitative estimate of drug-likeness (QED) is 0.574. The molecule has 8 nitrogen and oxygen atoms in total. The van der Waals surface area contributed by atoms with Crippen LogP contribution < -0.4 is 19.5 Å². The van der Waals surface area contributed by atoms with Gasteiger partial charge in [-0.3, -0.25) is 4.79 Å². The third-order valence-corrected chi connectivity index (χ3v) is 4.40. The summed E-state index contributed by atoms with van der Waals surface area (Å²) in [4.78, 5) is 16.5. The number of aryl methyl sites for hydroxylation is 1. The minimum atomic E-state index is -0.342. The Morgan fingerprint density at radius 2 is 1.70 bits per heavy atom. The molecule has 1 N–H and O–H groups in total. The number of hydrogen-bond acceptors (Lipinski definition) is 7. The number of amides is 1. The van der Waals surface area contributed by atoms with Crippen LogP contribution in [-0.4, -0.2) is 37.4 Å². The molecule has 0 fully saturated rings. The molecule has 0 aliphatic rings. The first-order chi connectivity index (χ1) is 14.5. The third kappa shape index (κ3) is 5.05. The lowest BCUT2D eigenvalue weighted by molar-refractivity contribution is -0.121. The van der Waals surface area contributed by atoms with Gasteiger partial charge in [0.25, 0.3) is 0 Å². The molecule has 0 bridgehead atoms. The van der Waals surface area contributed by atoms with Crippen LogP contribution in [0.2, 0.25) is 0 Å². The zero-order valence-corrected chi connectivity index (χ0v) is 16.9. The summed E-state index contributed by atoms with van der Waals surface area (Å²) in [6, 6.07) is 9.23. The van der Waals surface area contributed by atoms with Crippen LogP contribution in [0, 0.1) is 5.82 Å². The van der Waals surface area contributed by atoms with Crippen molar-refractivity contribution in [1.29, 1.82) is 0 Å². The van der Waals surface area contributed by atoms with E-state index in [0.29, 0.717) is 34.5 Å². The predicted molar refractivity (Wildman–Crippen MR) is 106 cm³/mol. The molecule has 0 saturated carbocycles. The monoisotopic (exact) mass is 415 g/mol. The number of ether oxygens (including phenoxy) is 3. The average Bonchev–Trinajstić information content (AvgIpc) is 3.25. The Morgan fingerprint density at radius 3 is 2.37 bits per heavy atom. The molecule has 2 aromatic carbocycles. The van der Waals surface area contributed by atoms with Gasteiger partial charge in [0.15, 0.2) is 11.5 Å². The molecule has 3 aromatic rings. The summed E-state index contributed by atoms with van der Waals surface area (Å²) in [5, 5.41) is 6.69. The fourth-order valence-corrected chi connectivity index (χ4v) is 2.81. The van der Waals surface area contributed by atoms with Crippen LogP contribution in [0.15, 0.2) is 40.9 Å². The first-order valence-electron chi connectivity index (χ1n) is 9.18. The van der Waals surface area contributed by atoms with Gasteiger partial charge in [0.2, 0.25) is 17.6 Å². The molecule has 158 valence electrons. The van der Waals surface area contributed by atoms with Crippen molar-refractivity contribution in [1.82, 2.24) is 15.5 Å². The predicted octanol–water partition coefficient (Wildman–Crippen LogP) is 3.15. The van der Waals surface area contributed by atoms with Crippen LogP contribution in [0.4, 0.5) is 4.39 Å². The van der Waals surface area contributed by atoms with E-state index in [1.165, 1.54) is 26.4 Å². The Hall–Kier alpha value is -3.62. The molecule has 0 saturated heterocycles. The first-order valence-corrected chi connectivity index (χ1v) is 9.18. The number of hydrogen-bond donors (Lipinski definition) is 1. The van der Waals surface area contributed by atoms with Crippen LogP contribution in [-0.2, 0) is 17.8 Å². The number of carbonyl (C=O) groups excluding carboxylic acids is 1. The van der Waals surface area contributed by atoms with Crippen molar-refractivity contribution in [3.05, 3.63) is 53.7 Å². The van der Waals surface area contributed by atoms with Gasteiger partial charge >= 0.3 is 0 Å². The number of nitrogens with one attached hydrogen (secondary N) is 1. The second kappa shape index (κ2) is 9.73. The van der Waals surface area contributed by atoms with Crippen LogP contribution >= 0.6 is 0 Å². The fourth-order valence-electron chi connectivity index (χ4n) is 2.81. The lowest BCUT2D eigenvalue weighted by atomic mass is 10.1. The van der Waals surface area contributed by atoms with Gasteiger partial charge in [-0.15, -0.1) is 0 Å².